The maximum atomic E-state index is 12.6. The largest absolute Gasteiger partial charge is 0.339 e. The van der Waals surface area contributed by atoms with Crippen molar-refractivity contribution in [2.75, 3.05) is 19.6 Å². The lowest BCUT2D eigenvalue weighted by atomic mass is 10.1. The van der Waals surface area contributed by atoms with Crippen LogP contribution < -0.4 is 0 Å². The summed E-state index contributed by atoms with van der Waals surface area (Å²) in [5.74, 6) is -0.107. The van der Waals surface area contributed by atoms with Crippen LogP contribution in [0.1, 0.15) is 48.0 Å². The molecule has 2 aliphatic heterocycles. The van der Waals surface area contributed by atoms with E-state index in [-0.39, 0.29) is 37.0 Å². The predicted octanol–water partition coefficient (Wildman–Crippen LogP) is 2.24. The number of amides is 4. The average Bonchev–Trinajstić information content (AvgIpc) is 3.45. The Morgan fingerprint density at radius 3 is 2.56 bits per heavy atom. The summed E-state index contributed by atoms with van der Waals surface area (Å²) in [6.45, 7) is 2.04. The fourth-order valence-corrected chi connectivity index (χ4v) is 3.65. The number of rotatable bonds is 4. The Labute approximate surface area is 147 Å². The van der Waals surface area contributed by atoms with Crippen LogP contribution >= 0.6 is 0 Å². The van der Waals surface area contributed by atoms with E-state index in [2.05, 4.69) is 0 Å². The molecule has 2 heterocycles. The topological polar surface area (TPSA) is 60.9 Å². The number of carbonyl (C=O) groups excluding carboxylic acids is 3. The number of urea groups is 1. The number of hydrogen-bond donors (Lipinski definition) is 0. The van der Waals surface area contributed by atoms with E-state index in [9.17, 15) is 14.4 Å². The maximum absolute atomic E-state index is 12.6. The molecule has 4 amide bonds. The molecular weight excluding hydrogens is 318 g/mol. The number of benzene rings is 1. The standard InChI is InChI=1S/C19H23N3O3/c23-17-13-21(16-7-8-16)19(25)22(17)12-14-5-4-6-15(11-14)18(24)20-9-2-1-3-10-20/h4-6,11,16H,1-3,7-10,12-13H2. The van der Waals surface area contributed by atoms with Gasteiger partial charge < -0.3 is 9.80 Å². The van der Waals surface area contributed by atoms with Gasteiger partial charge in [0.1, 0.15) is 6.54 Å². The summed E-state index contributed by atoms with van der Waals surface area (Å²) in [7, 11) is 0. The quantitative estimate of drug-likeness (QED) is 0.789. The van der Waals surface area contributed by atoms with Gasteiger partial charge in [-0.3, -0.25) is 14.5 Å². The number of piperidine rings is 1. The van der Waals surface area contributed by atoms with E-state index in [4.69, 9.17) is 0 Å². The summed E-state index contributed by atoms with van der Waals surface area (Å²) in [5, 5.41) is 0. The van der Waals surface area contributed by atoms with Crippen molar-refractivity contribution < 1.29 is 14.4 Å². The molecule has 1 saturated carbocycles. The van der Waals surface area contributed by atoms with Crippen molar-refractivity contribution in [1.29, 1.82) is 0 Å². The third kappa shape index (κ3) is 3.25. The fraction of sp³-hybridized carbons (Fsp3) is 0.526. The molecule has 1 aromatic carbocycles. The zero-order valence-electron chi connectivity index (χ0n) is 14.3. The van der Waals surface area contributed by atoms with Crippen molar-refractivity contribution in [3.05, 3.63) is 35.4 Å². The van der Waals surface area contributed by atoms with Gasteiger partial charge in [0.25, 0.3) is 11.8 Å². The van der Waals surface area contributed by atoms with Crippen LogP contribution in [0.5, 0.6) is 0 Å². The second kappa shape index (κ2) is 6.50. The van der Waals surface area contributed by atoms with Crippen LogP contribution in [-0.2, 0) is 11.3 Å². The Morgan fingerprint density at radius 1 is 1.08 bits per heavy atom. The lowest BCUT2D eigenvalue weighted by molar-refractivity contribution is -0.125. The Hall–Kier alpha value is -2.37. The Kier molecular flexibility index (Phi) is 4.19. The van der Waals surface area contributed by atoms with E-state index in [1.54, 1.807) is 4.90 Å². The van der Waals surface area contributed by atoms with Crippen LogP contribution in [0, 0.1) is 0 Å². The van der Waals surface area contributed by atoms with Gasteiger partial charge in [0.05, 0.1) is 6.54 Å². The van der Waals surface area contributed by atoms with Crippen molar-refractivity contribution in [1.82, 2.24) is 14.7 Å². The number of nitrogens with zero attached hydrogens (tertiary/aromatic N) is 3. The molecule has 3 aliphatic rings. The maximum Gasteiger partial charge on any atom is 0.327 e. The molecule has 0 unspecified atom stereocenters. The summed E-state index contributed by atoms with van der Waals surface area (Å²) in [6, 6.07) is 7.37. The second-order valence-corrected chi connectivity index (χ2v) is 7.17. The molecule has 1 aliphatic carbocycles. The third-order valence-electron chi connectivity index (χ3n) is 5.23. The SMILES string of the molecule is O=C(c1cccc(CN2C(=O)CN(C3CC3)C2=O)c1)N1CCCCC1. The summed E-state index contributed by atoms with van der Waals surface area (Å²) in [6.07, 6.45) is 5.28. The zero-order chi connectivity index (χ0) is 17.4. The molecule has 3 fully saturated rings. The van der Waals surface area contributed by atoms with Crippen LogP contribution in [-0.4, -0.2) is 58.2 Å². The van der Waals surface area contributed by atoms with Gasteiger partial charge in [-0.05, 0) is 49.8 Å². The van der Waals surface area contributed by atoms with Crippen molar-refractivity contribution in [3.63, 3.8) is 0 Å². The van der Waals surface area contributed by atoms with Gasteiger partial charge in [0, 0.05) is 24.7 Å². The zero-order valence-corrected chi connectivity index (χ0v) is 14.3. The molecule has 0 N–H and O–H groups in total. The number of imide groups is 1. The first-order chi connectivity index (χ1) is 12.1. The van der Waals surface area contributed by atoms with Crippen LogP contribution in [0.15, 0.2) is 24.3 Å². The summed E-state index contributed by atoms with van der Waals surface area (Å²) in [4.78, 5) is 42.1. The smallest absolute Gasteiger partial charge is 0.327 e. The van der Waals surface area contributed by atoms with E-state index in [1.165, 1.54) is 11.3 Å². The average molecular weight is 341 g/mol. The van der Waals surface area contributed by atoms with Crippen LogP contribution in [0.25, 0.3) is 0 Å². The molecule has 6 heteroatoms. The molecule has 25 heavy (non-hydrogen) atoms. The van der Waals surface area contributed by atoms with Crippen molar-refractivity contribution in [2.45, 2.75) is 44.7 Å². The lowest BCUT2D eigenvalue weighted by Gasteiger charge is -2.27. The Bertz CT molecular complexity index is 708. The molecule has 0 radical (unpaired) electrons. The number of hydrogen-bond acceptors (Lipinski definition) is 3. The molecule has 0 atom stereocenters. The van der Waals surface area contributed by atoms with E-state index >= 15 is 0 Å². The Balaban J connectivity index is 1.47. The van der Waals surface area contributed by atoms with Crippen molar-refractivity contribution >= 4 is 17.8 Å². The first kappa shape index (κ1) is 16.1. The van der Waals surface area contributed by atoms with E-state index < -0.39 is 0 Å². The van der Waals surface area contributed by atoms with Gasteiger partial charge in [0.2, 0.25) is 0 Å². The normalized spacial score (nSPS) is 21.2. The van der Waals surface area contributed by atoms with Crippen molar-refractivity contribution in [2.24, 2.45) is 0 Å². The Morgan fingerprint density at radius 2 is 1.84 bits per heavy atom. The minimum Gasteiger partial charge on any atom is -0.339 e. The highest BCUT2D eigenvalue weighted by atomic mass is 16.2. The fourth-order valence-electron chi connectivity index (χ4n) is 3.65. The monoisotopic (exact) mass is 341 g/mol. The molecule has 4 rings (SSSR count). The summed E-state index contributed by atoms with van der Waals surface area (Å²) < 4.78 is 0. The van der Waals surface area contributed by atoms with E-state index in [0.29, 0.717) is 5.56 Å². The van der Waals surface area contributed by atoms with Crippen LogP contribution in [0.2, 0.25) is 0 Å². The molecule has 2 saturated heterocycles. The first-order valence-electron chi connectivity index (χ1n) is 9.12. The van der Waals surface area contributed by atoms with E-state index in [0.717, 1.165) is 44.3 Å². The van der Waals surface area contributed by atoms with Gasteiger partial charge in [0.15, 0.2) is 0 Å². The molecule has 0 bridgehead atoms. The summed E-state index contributed by atoms with van der Waals surface area (Å²) in [5.41, 5.74) is 1.46. The number of likely N-dealkylation sites (tertiary alicyclic amines) is 1. The van der Waals surface area contributed by atoms with Gasteiger partial charge in [-0.15, -0.1) is 0 Å². The van der Waals surface area contributed by atoms with Crippen molar-refractivity contribution in [3.8, 4) is 0 Å². The molecule has 0 spiro atoms. The molecule has 0 aromatic heterocycles. The number of carbonyl (C=O) groups is 3. The minimum absolute atomic E-state index is 0.0419. The molecular formula is C19H23N3O3. The first-order valence-corrected chi connectivity index (χ1v) is 9.12. The van der Waals surface area contributed by atoms with Gasteiger partial charge >= 0.3 is 6.03 Å². The highest BCUT2D eigenvalue weighted by Crippen LogP contribution is 2.30. The second-order valence-electron chi connectivity index (χ2n) is 7.17. The van der Waals surface area contributed by atoms with Gasteiger partial charge in [-0.2, -0.15) is 0 Å². The predicted molar refractivity (Wildman–Crippen MR) is 91.9 cm³/mol. The highest BCUT2D eigenvalue weighted by molar-refractivity contribution is 6.02. The minimum atomic E-state index is -0.194. The van der Waals surface area contributed by atoms with Crippen LogP contribution in [0.3, 0.4) is 0 Å². The van der Waals surface area contributed by atoms with Gasteiger partial charge in [-0.25, -0.2) is 4.79 Å². The molecule has 132 valence electrons. The van der Waals surface area contributed by atoms with Gasteiger partial charge in [-0.1, -0.05) is 12.1 Å². The third-order valence-corrected chi connectivity index (χ3v) is 5.23. The van der Waals surface area contributed by atoms with Crippen LogP contribution in [0.4, 0.5) is 4.79 Å². The molecule has 6 nitrogen and oxygen atoms in total. The van der Waals surface area contributed by atoms with E-state index in [1.807, 2.05) is 29.2 Å². The highest BCUT2D eigenvalue weighted by Gasteiger charge is 2.43. The lowest BCUT2D eigenvalue weighted by Crippen LogP contribution is -2.36. The summed E-state index contributed by atoms with van der Waals surface area (Å²) >= 11 is 0. The molecule has 1 aromatic rings.